The fraction of sp³-hybridized carbons (Fsp3) is 0.200. The molecular weight excluding hydrogens is 471 g/mol. The van der Waals surface area contributed by atoms with Crippen LogP contribution >= 0.6 is 0 Å². The quantitative estimate of drug-likeness (QED) is 0.453. The molecule has 0 aromatic heterocycles. The number of halogens is 5. The molecular formula is C25H21F5N2O3. The van der Waals surface area contributed by atoms with Crippen molar-refractivity contribution in [3.8, 4) is 11.1 Å². The monoisotopic (exact) mass is 492 g/mol. The lowest BCUT2D eigenvalue weighted by Crippen LogP contribution is -2.28. The van der Waals surface area contributed by atoms with E-state index >= 15 is 0 Å². The van der Waals surface area contributed by atoms with Gasteiger partial charge in [0, 0.05) is 18.2 Å². The summed E-state index contributed by atoms with van der Waals surface area (Å²) >= 11 is 0. The van der Waals surface area contributed by atoms with Gasteiger partial charge in [-0.15, -0.1) is 0 Å². The lowest BCUT2D eigenvalue weighted by Gasteiger charge is -2.12. The van der Waals surface area contributed by atoms with Crippen LogP contribution in [0, 0.1) is 11.6 Å². The van der Waals surface area contributed by atoms with E-state index in [1.807, 2.05) is 36.4 Å². The fourth-order valence-electron chi connectivity index (χ4n) is 3.69. The molecule has 0 atom stereocenters. The highest BCUT2D eigenvalue weighted by atomic mass is 19.4. The van der Waals surface area contributed by atoms with Gasteiger partial charge < -0.3 is 16.2 Å². The van der Waals surface area contributed by atoms with E-state index in [1.54, 1.807) is 12.1 Å². The van der Waals surface area contributed by atoms with Gasteiger partial charge in [-0.25, -0.2) is 13.6 Å². The number of hydrogen-bond donors (Lipinski definition) is 3. The van der Waals surface area contributed by atoms with Gasteiger partial charge >= 0.3 is 12.1 Å². The predicted molar refractivity (Wildman–Crippen MR) is 118 cm³/mol. The summed E-state index contributed by atoms with van der Waals surface area (Å²) < 4.78 is 58.5. The van der Waals surface area contributed by atoms with E-state index in [2.05, 4.69) is 5.32 Å². The first-order valence-electron chi connectivity index (χ1n) is 10.4. The zero-order valence-corrected chi connectivity index (χ0v) is 18.2. The van der Waals surface area contributed by atoms with Crippen LogP contribution in [0.15, 0.2) is 60.7 Å². The summed E-state index contributed by atoms with van der Waals surface area (Å²) in [4.78, 5) is 20.2. The number of rotatable bonds is 5. The summed E-state index contributed by atoms with van der Waals surface area (Å²) in [6, 6.07) is 18.1. The van der Waals surface area contributed by atoms with Crippen LogP contribution < -0.4 is 11.1 Å². The highest BCUT2D eigenvalue weighted by Crippen LogP contribution is 2.25. The van der Waals surface area contributed by atoms with Crippen molar-refractivity contribution in [1.82, 2.24) is 5.32 Å². The second kappa shape index (κ2) is 10.6. The zero-order chi connectivity index (χ0) is 25.8. The Balaban J connectivity index is 0.000000429. The summed E-state index contributed by atoms with van der Waals surface area (Å²) in [5.41, 5.74) is 10.6. The van der Waals surface area contributed by atoms with E-state index in [9.17, 15) is 26.7 Å². The molecule has 0 radical (unpaired) electrons. The van der Waals surface area contributed by atoms with E-state index < -0.39 is 29.7 Å². The number of alkyl halides is 3. The Morgan fingerprint density at radius 1 is 0.914 bits per heavy atom. The van der Waals surface area contributed by atoms with Gasteiger partial charge in [0.05, 0.1) is 0 Å². The SMILES string of the molecule is NC(=O)c1cccc(-c2ccc(CNC3Cc4cc(F)c(F)cc4C3)cc2)c1.O=C(O)C(F)(F)F. The molecule has 3 aromatic rings. The number of carbonyl (C=O) groups excluding carboxylic acids is 1. The van der Waals surface area contributed by atoms with Crippen LogP contribution in [0.1, 0.15) is 27.0 Å². The van der Waals surface area contributed by atoms with Gasteiger partial charge in [0.25, 0.3) is 0 Å². The number of nitrogens with one attached hydrogen (secondary N) is 1. The Labute approximate surface area is 197 Å². The van der Waals surface area contributed by atoms with E-state index in [-0.39, 0.29) is 6.04 Å². The fourth-order valence-corrected chi connectivity index (χ4v) is 3.69. The molecule has 3 aromatic carbocycles. The number of carbonyl (C=O) groups is 2. The van der Waals surface area contributed by atoms with Crippen molar-refractivity contribution >= 4 is 11.9 Å². The van der Waals surface area contributed by atoms with Gasteiger partial charge in [-0.2, -0.15) is 13.2 Å². The highest BCUT2D eigenvalue weighted by molar-refractivity contribution is 5.94. The third-order valence-electron chi connectivity index (χ3n) is 5.45. The van der Waals surface area contributed by atoms with E-state index in [0.29, 0.717) is 24.9 Å². The van der Waals surface area contributed by atoms with Gasteiger partial charge in [-0.3, -0.25) is 4.79 Å². The topological polar surface area (TPSA) is 92.4 Å². The number of carboxylic acid groups (broad SMARTS) is 1. The Morgan fingerprint density at radius 3 is 1.94 bits per heavy atom. The minimum atomic E-state index is -5.08. The molecule has 0 aliphatic heterocycles. The minimum absolute atomic E-state index is 0.170. The standard InChI is InChI=1S/C23H20F2N2O.C2HF3O2/c24-21-11-18-9-20(10-19(18)12-22(21)25)27-13-14-4-6-15(7-5-14)16-2-1-3-17(8-16)23(26)28;3-2(4,5)1(6)7/h1-8,11-12,20,27H,9-10,13H2,(H2,26,28);(H,6,7). The molecule has 0 bridgehead atoms. The van der Waals surface area contributed by atoms with E-state index in [4.69, 9.17) is 15.6 Å². The molecule has 0 saturated carbocycles. The molecule has 35 heavy (non-hydrogen) atoms. The van der Waals surface area contributed by atoms with E-state index in [1.165, 1.54) is 12.1 Å². The van der Waals surface area contributed by atoms with Crippen molar-refractivity contribution < 1.29 is 36.6 Å². The Morgan fingerprint density at radius 2 is 1.46 bits per heavy atom. The van der Waals surface area contributed by atoms with Gasteiger partial charge in [0.2, 0.25) is 5.91 Å². The van der Waals surface area contributed by atoms with Crippen LogP contribution in [0.2, 0.25) is 0 Å². The lowest BCUT2D eigenvalue weighted by molar-refractivity contribution is -0.192. The number of carboxylic acids is 1. The third kappa shape index (κ3) is 6.86. The summed E-state index contributed by atoms with van der Waals surface area (Å²) in [5.74, 6) is -4.77. The van der Waals surface area contributed by atoms with Crippen molar-refractivity contribution in [3.63, 3.8) is 0 Å². The van der Waals surface area contributed by atoms with Crippen molar-refractivity contribution in [1.29, 1.82) is 0 Å². The minimum Gasteiger partial charge on any atom is -0.475 e. The van der Waals surface area contributed by atoms with Crippen LogP contribution in [0.5, 0.6) is 0 Å². The molecule has 4 N–H and O–H groups in total. The van der Waals surface area contributed by atoms with Gasteiger partial charge in [-0.1, -0.05) is 36.4 Å². The number of primary amides is 1. The molecule has 1 aliphatic carbocycles. The first kappa shape index (κ1) is 25.8. The maximum atomic E-state index is 13.4. The second-order valence-electron chi connectivity index (χ2n) is 7.97. The first-order valence-corrected chi connectivity index (χ1v) is 10.4. The van der Waals surface area contributed by atoms with Crippen LogP contribution in [-0.4, -0.2) is 29.2 Å². The smallest absolute Gasteiger partial charge is 0.475 e. The number of benzene rings is 3. The number of aliphatic carboxylic acids is 1. The lowest BCUT2D eigenvalue weighted by atomic mass is 10.0. The summed E-state index contributed by atoms with van der Waals surface area (Å²) in [7, 11) is 0. The van der Waals surface area contributed by atoms with Crippen molar-refractivity contribution in [3.05, 3.63) is 94.6 Å². The molecule has 1 aliphatic rings. The molecule has 0 saturated heterocycles. The van der Waals surface area contributed by atoms with Crippen molar-refractivity contribution in [2.75, 3.05) is 0 Å². The van der Waals surface area contributed by atoms with E-state index in [0.717, 1.165) is 27.8 Å². The van der Waals surface area contributed by atoms with Gasteiger partial charge in [0.1, 0.15) is 0 Å². The highest BCUT2D eigenvalue weighted by Gasteiger charge is 2.38. The molecule has 0 spiro atoms. The average Bonchev–Trinajstić information content (AvgIpc) is 3.19. The zero-order valence-electron chi connectivity index (χ0n) is 18.2. The number of nitrogens with two attached hydrogens (primary N) is 1. The largest absolute Gasteiger partial charge is 0.490 e. The number of fused-ring (bicyclic) bond motifs is 1. The molecule has 0 fully saturated rings. The van der Waals surface area contributed by atoms with Crippen LogP contribution in [-0.2, 0) is 24.2 Å². The number of amides is 1. The maximum Gasteiger partial charge on any atom is 0.490 e. The van der Waals surface area contributed by atoms with Gasteiger partial charge in [0.15, 0.2) is 11.6 Å². The molecule has 10 heteroatoms. The predicted octanol–water partition coefficient (Wildman–Crippen LogP) is 4.62. The average molecular weight is 492 g/mol. The van der Waals surface area contributed by atoms with Crippen LogP contribution in [0.25, 0.3) is 11.1 Å². The third-order valence-corrected chi connectivity index (χ3v) is 5.45. The summed E-state index contributed by atoms with van der Waals surface area (Å²) in [6.07, 6.45) is -3.69. The molecule has 0 heterocycles. The Hall–Kier alpha value is -3.79. The molecule has 4 rings (SSSR count). The summed E-state index contributed by atoms with van der Waals surface area (Å²) in [6.45, 7) is 0.672. The number of hydrogen-bond acceptors (Lipinski definition) is 3. The molecule has 1 amide bonds. The maximum absolute atomic E-state index is 13.4. The van der Waals surface area contributed by atoms with Crippen molar-refractivity contribution in [2.24, 2.45) is 5.73 Å². The Bertz CT molecular complexity index is 1200. The van der Waals surface area contributed by atoms with Gasteiger partial charge in [-0.05, 0) is 64.9 Å². The first-order chi connectivity index (χ1) is 16.4. The molecule has 184 valence electrons. The van der Waals surface area contributed by atoms with Crippen molar-refractivity contribution in [2.45, 2.75) is 31.6 Å². The molecule has 5 nitrogen and oxygen atoms in total. The normalized spacial score (nSPS) is 13.1. The summed E-state index contributed by atoms with van der Waals surface area (Å²) in [5, 5.41) is 10.6. The van der Waals surface area contributed by atoms with Crippen LogP contribution in [0.4, 0.5) is 22.0 Å². The van der Waals surface area contributed by atoms with Crippen LogP contribution in [0.3, 0.4) is 0 Å². The second-order valence-corrected chi connectivity index (χ2v) is 7.97. The molecule has 0 unspecified atom stereocenters. The Kier molecular flexibility index (Phi) is 7.85.